The van der Waals surface area contributed by atoms with E-state index in [9.17, 15) is 8.42 Å². The Labute approximate surface area is 102 Å². The van der Waals surface area contributed by atoms with Gasteiger partial charge in [0.15, 0.2) is 9.84 Å². The largest absolute Gasteiger partial charge is 0.324 e. The zero-order chi connectivity index (χ0) is 12.7. The summed E-state index contributed by atoms with van der Waals surface area (Å²) in [6.45, 7) is 2.05. The third-order valence-electron chi connectivity index (χ3n) is 3.34. The van der Waals surface area contributed by atoms with Gasteiger partial charge in [0, 0.05) is 24.7 Å². The summed E-state index contributed by atoms with van der Waals surface area (Å²) in [7, 11) is -1.06. The average molecular weight is 257 g/mol. The van der Waals surface area contributed by atoms with Crippen molar-refractivity contribution in [2.45, 2.75) is 31.7 Å². The molecule has 0 aromatic carbocycles. The molecule has 0 amide bonds. The van der Waals surface area contributed by atoms with Gasteiger partial charge in [-0.3, -0.25) is 4.68 Å². The zero-order valence-electron chi connectivity index (χ0n) is 10.3. The maximum Gasteiger partial charge on any atom is 0.152 e. The van der Waals surface area contributed by atoms with Gasteiger partial charge >= 0.3 is 0 Å². The van der Waals surface area contributed by atoms with E-state index in [1.54, 1.807) is 4.68 Å². The van der Waals surface area contributed by atoms with Gasteiger partial charge in [0.25, 0.3) is 0 Å². The SMILES string of the molecule is CCc1cc(CC2(N)CCS(=O)(=O)C2)n(C)n1. The topological polar surface area (TPSA) is 78.0 Å². The van der Waals surface area contributed by atoms with Crippen LogP contribution in [0, 0.1) is 0 Å². The van der Waals surface area contributed by atoms with Crippen LogP contribution in [0.1, 0.15) is 24.7 Å². The van der Waals surface area contributed by atoms with Crippen LogP contribution in [0.15, 0.2) is 6.07 Å². The lowest BCUT2D eigenvalue weighted by molar-refractivity contribution is 0.460. The van der Waals surface area contributed by atoms with Crippen molar-refractivity contribution in [3.05, 3.63) is 17.5 Å². The first kappa shape index (κ1) is 12.6. The van der Waals surface area contributed by atoms with Crippen molar-refractivity contribution in [2.75, 3.05) is 11.5 Å². The fourth-order valence-corrected chi connectivity index (χ4v) is 4.34. The molecule has 1 atom stereocenters. The average Bonchev–Trinajstić information content (AvgIpc) is 2.69. The summed E-state index contributed by atoms with van der Waals surface area (Å²) in [5, 5.41) is 4.35. The molecular weight excluding hydrogens is 238 g/mol. The Hall–Kier alpha value is -0.880. The molecule has 5 nitrogen and oxygen atoms in total. The third kappa shape index (κ3) is 2.69. The highest BCUT2D eigenvalue weighted by Crippen LogP contribution is 2.25. The van der Waals surface area contributed by atoms with Gasteiger partial charge < -0.3 is 5.73 Å². The molecule has 0 radical (unpaired) electrons. The summed E-state index contributed by atoms with van der Waals surface area (Å²) < 4.78 is 24.8. The number of hydrogen-bond acceptors (Lipinski definition) is 4. The summed E-state index contributed by atoms with van der Waals surface area (Å²) >= 11 is 0. The molecule has 6 heteroatoms. The summed E-state index contributed by atoms with van der Waals surface area (Å²) in [6.07, 6.45) is 2.00. The molecule has 2 N–H and O–H groups in total. The zero-order valence-corrected chi connectivity index (χ0v) is 11.1. The molecule has 1 aliphatic rings. The highest BCUT2D eigenvalue weighted by atomic mass is 32.2. The molecule has 1 unspecified atom stereocenters. The molecule has 17 heavy (non-hydrogen) atoms. The van der Waals surface area contributed by atoms with E-state index in [0.29, 0.717) is 12.8 Å². The Bertz CT molecular complexity index is 521. The van der Waals surface area contributed by atoms with Crippen molar-refractivity contribution in [2.24, 2.45) is 12.8 Å². The molecule has 96 valence electrons. The van der Waals surface area contributed by atoms with Gasteiger partial charge in [-0.2, -0.15) is 5.10 Å². The van der Waals surface area contributed by atoms with Crippen molar-refractivity contribution in [1.29, 1.82) is 0 Å². The number of hydrogen-bond donors (Lipinski definition) is 1. The van der Waals surface area contributed by atoms with E-state index in [0.717, 1.165) is 17.8 Å². The number of nitrogens with zero attached hydrogens (tertiary/aromatic N) is 2. The fraction of sp³-hybridized carbons (Fsp3) is 0.727. The van der Waals surface area contributed by atoms with E-state index in [2.05, 4.69) is 5.10 Å². The summed E-state index contributed by atoms with van der Waals surface area (Å²) in [5.74, 6) is 0.300. The van der Waals surface area contributed by atoms with Crippen LogP contribution in [0.2, 0.25) is 0 Å². The second kappa shape index (κ2) is 4.10. The van der Waals surface area contributed by atoms with E-state index in [1.165, 1.54) is 0 Å². The van der Waals surface area contributed by atoms with Gasteiger partial charge in [-0.25, -0.2) is 8.42 Å². The molecule has 0 saturated carbocycles. The lowest BCUT2D eigenvalue weighted by Crippen LogP contribution is -2.43. The van der Waals surface area contributed by atoms with Gasteiger partial charge in [0.2, 0.25) is 0 Å². The van der Waals surface area contributed by atoms with Crippen LogP contribution < -0.4 is 5.73 Å². The van der Waals surface area contributed by atoms with Gasteiger partial charge in [0.05, 0.1) is 17.2 Å². The minimum Gasteiger partial charge on any atom is -0.324 e. The quantitative estimate of drug-likeness (QED) is 0.829. The maximum atomic E-state index is 11.5. The van der Waals surface area contributed by atoms with Crippen molar-refractivity contribution in [3.8, 4) is 0 Å². The Kier molecular flexibility index (Phi) is 3.03. The summed E-state index contributed by atoms with van der Waals surface area (Å²) in [5.41, 5.74) is 7.59. The van der Waals surface area contributed by atoms with Crippen molar-refractivity contribution in [3.63, 3.8) is 0 Å². The van der Waals surface area contributed by atoms with E-state index < -0.39 is 15.4 Å². The number of rotatable bonds is 3. The lowest BCUT2D eigenvalue weighted by atomic mass is 9.94. The molecule has 1 fully saturated rings. The summed E-state index contributed by atoms with van der Waals surface area (Å²) in [4.78, 5) is 0. The monoisotopic (exact) mass is 257 g/mol. The second-order valence-electron chi connectivity index (χ2n) is 4.99. The molecule has 2 heterocycles. The highest BCUT2D eigenvalue weighted by molar-refractivity contribution is 7.91. The Balaban J connectivity index is 2.18. The smallest absolute Gasteiger partial charge is 0.152 e. The van der Waals surface area contributed by atoms with Crippen LogP contribution in [0.25, 0.3) is 0 Å². The number of nitrogens with two attached hydrogens (primary N) is 1. The Morgan fingerprint density at radius 1 is 1.59 bits per heavy atom. The van der Waals surface area contributed by atoms with Gasteiger partial charge in [-0.1, -0.05) is 6.92 Å². The fourth-order valence-electron chi connectivity index (χ4n) is 2.35. The Morgan fingerprint density at radius 2 is 2.29 bits per heavy atom. The van der Waals surface area contributed by atoms with Gasteiger partial charge in [0.1, 0.15) is 0 Å². The standard InChI is InChI=1S/C11H19N3O2S/c1-3-9-6-10(14(2)13-9)7-11(12)4-5-17(15,16)8-11/h6H,3-5,7-8,12H2,1-2H3. The van der Waals surface area contributed by atoms with Crippen LogP contribution in [-0.2, 0) is 29.7 Å². The van der Waals surface area contributed by atoms with Crippen molar-refractivity contribution in [1.82, 2.24) is 9.78 Å². The van der Waals surface area contributed by atoms with Gasteiger partial charge in [-0.05, 0) is 18.9 Å². The first-order valence-corrected chi connectivity index (χ1v) is 7.67. The normalized spacial score (nSPS) is 27.5. The molecule has 1 saturated heterocycles. The number of aryl methyl sites for hydroxylation is 2. The molecule has 1 aliphatic heterocycles. The van der Waals surface area contributed by atoms with Crippen LogP contribution in [0.5, 0.6) is 0 Å². The predicted molar refractivity (Wildman–Crippen MR) is 66.5 cm³/mol. The Morgan fingerprint density at radius 3 is 2.76 bits per heavy atom. The van der Waals surface area contributed by atoms with Crippen molar-refractivity contribution >= 4 is 9.84 Å². The van der Waals surface area contributed by atoms with E-state index in [-0.39, 0.29) is 11.5 Å². The van der Waals surface area contributed by atoms with E-state index in [4.69, 9.17) is 5.73 Å². The number of sulfone groups is 1. The number of aromatic nitrogens is 2. The lowest BCUT2D eigenvalue weighted by Gasteiger charge is -2.21. The van der Waals surface area contributed by atoms with E-state index >= 15 is 0 Å². The summed E-state index contributed by atoms with van der Waals surface area (Å²) in [6, 6.07) is 2.01. The second-order valence-corrected chi connectivity index (χ2v) is 7.17. The third-order valence-corrected chi connectivity index (χ3v) is 5.18. The minimum atomic E-state index is -2.94. The highest BCUT2D eigenvalue weighted by Gasteiger charge is 2.39. The maximum absolute atomic E-state index is 11.5. The van der Waals surface area contributed by atoms with Crippen LogP contribution in [-0.4, -0.2) is 35.2 Å². The van der Waals surface area contributed by atoms with Crippen LogP contribution in [0.4, 0.5) is 0 Å². The predicted octanol–water partition coefficient (Wildman–Crippen LogP) is 0.0410. The molecule has 0 spiro atoms. The first-order valence-electron chi connectivity index (χ1n) is 5.85. The first-order chi connectivity index (χ1) is 7.84. The van der Waals surface area contributed by atoms with Crippen LogP contribution in [0.3, 0.4) is 0 Å². The van der Waals surface area contributed by atoms with Crippen LogP contribution >= 0.6 is 0 Å². The van der Waals surface area contributed by atoms with Gasteiger partial charge in [-0.15, -0.1) is 0 Å². The minimum absolute atomic E-state index is 0.0899. The molecule has 2 rings (SSSR count). The molecule has 0 bridgehead atoms. The molecule has 1 aromatic heterocycles. The molecule has 0 aliphatic carbocycles. The molecule has 1 aromatic rings. The molecular formula is C11H19N3O2S. The van der Waals surface area contributed by atoms with Crippen molar-refractivity contribution < 1.29 is 8.42 Å². The van der Waals surface area contributed by atoms with E-state index in [1.807, 2.05) is 20.0 Å².